The van der Waals surface area contributed by atoms with Crippen LogP contribution < -0.4 is 5.32 Å². The number of aromatic nitrogens is 2. The maximum Gasteiger partial charge on any atom is 0.416 e. The first-order valence-corrected chi connectivity index (χ1v) is 11.2. The Morgan fingerprint density at radius 1 is 1.22 bits per heavy atom. The minimum absolute atomic E-state index is 0.0391. The van der Waals surface area contributed by atoms with Gasteiger partial charge in [-0.05, 0) is 43.4 Å². The van der Waals surface area contributed by atoms with Crippen LogP contribution in [0.1, 0.15) is 52.6 Å². The zero-order valence-electron chi connectivity index (χ0n) is 18.2. The number of carbonyl (C=O) groups is 1. The van der Waals surface area contributed by atoms with Gasteiger partial charge in [0.15, 0.2) is 5.69 Å². The van der Waals surface area contributed by atoms with Crippen molar-refractivity contribution in [2.24, 2.45) is 0 Å². The number of carbonyl (C=O) groups excluding carboxylic acids is 1. The fourth-order valence-electron chi connectivity index (χ4n) is 4.42. The Morgan fingerprint density at radius 2 is 1.94 bits per heavy atom. The Hall–Kier alpha value is -2.39. The minimum Gasteiger partial charge on any atom is -0.378 e. The summed E-state index contributed by atoms with van der Waals surface area (Å²) in [7, 11) is 0. The summed E-state index contributed by atoms with van der Waals surface area (Å²) in [5.74, 6) is -0.0391. The van der Waals surface area contributed by atoms with Crippen molar-refractivity contribution in [3.05, 3.63) is 52.3 Å². The highest BCUT2D eigenvalue weighted by molar-refractivity contribution is 5.94. The van der Waals surface area contributed by atoms with E-state index in [1.165, 1.54) is 12.1 Å². The van der Waals surface area contributed by atoms with E-state index in [-0.39, 0.29) is 11.9 Å². The van der Waals surface area contributed by atoms with E-state index >= 15 is 0 Å². The van der Waals surface area contributed by atoms with E-state index < -0.39 is 11.7 Å². The molecule has 1 amide bonds. The maximum atomic E-state index is 13.2. The van der Waals surface area contributed by atoms with Gasteiger partial charge in [0.05, 0.1) is 18.8 Å². The third-order valence-electron chi connectivity index (χ3n) is 6.16. The lowest BCUT2D eigenvalue weighted by molar-refractivity contribution is -0.137. The second kappa shape index (κ2) is 9.62. The number of alkyl halides is 3. The van der Waals surface area contributed by atoms with Gasteiger partial charge in [-0.15, -0.1) is 0 Å². The lowest BCUT2D eigenvalue weighted by Gasteiger charge is -2.28. The molecule has 1 aromatic carbocycles. The number of nitrogens with zero attached hydrogens (tertiary/aromatic N) is 3. The molecule has 1 unspecified atom stereocenters. The number of ether oxygens (including phenoxy) is 1. The van der Waals surface area contributed by atoms with Crippen LogP contribution in [0.3, 0.4) is 0 Å². The maximum absolute atomic E-state index is 13.2. The second-order valence-electron chi connectivity index (χ2n) is 8.42. The summed E-state index contributed by atoms with van der Waals surface area (Å²) < 4.78 is 45.7. The summed E-state index contributed by atoms with van der Waals surface area (Å²) in [4.78, 5) is 15.0. The molecule has 1 saturated heterocycles. The van der Waals surface area contributed by atoms with Gasteiger partial charge in [-0.25, -0.2) is 0 Å². The third-order valence-corrected chi connectivity index (χ3v) is 6.16. The predicted octanol–water partition coefficient (Wildman–Crippen LogP) is 3.43. The van der Waals surface area contributed by atoms with Crippen LogP contribution in [0.5, 0.6) is 0 Å². The van der Waals surface area contributed by atoms with Gasteiger partial charge >= 0.3 is 6.18 Å². The van der Waals surface area contributed by atoms with Gasteiger partial charge in [-0.3, -0.25) is 9.48 Å². The first-order chi connectivity index (χ1) is 15.4. The molecule has 0 radical (unpaired) electrons. The smallest absolute Gasteiger partial charge is 0.378 e. The number of morpholine rings is 1. The first-order valence-electron chi connectivity index (χ1n) is 11.2. The molecule has 1 N–H and O–H groups in total. The van der Waals surface area contributed by atoms with Gasteiger partial charge < -0.3 is 15.0 Å². The van der Waals surface area contributed by atoms with Crippen molar-refractivity contribution in [3.63, 3.8) is 0 Å². The molecule has 1 aliphatic carbocycles. The Bertz CT molecular complexity index is 934. The van der Waals surface area contributed by atoms with Crippen LogP contribution in [0, 0.1) is 0 Å². The highest BCUT2D eigenvalue weighted by Crippen LogP contribution is 2.29. The number of nitrogens with one attached hydrogen (secondary N) is 1. The molecule has 2 heterocycles. The lowest BCUT2D eigenvalue weighted by Crippen LogP contribution is -2.41. The Morgan fingerprint density at radius 3 is 2.59 bits per heavy atom. The minimum atomic E-state index is -4.33. The van der Waals surface area contributed by atoms with Crippen molar-refractivity contribution in [1.82, 2.24) is 20.0 Å². The molecule has 1 fully saturated rings. The van der Waals surface area contributed by atoms with Crippen LogP contribution in [-0.4, -0.2) is 52.9 Å². The highest BCUT2D eigenvalue weighted by atomic mass is 19.4. The number of aryl methyl sites for hydroxylation is 1. The fraction of sp³-hybridized carbons (Fsp3) is 0.565. The summed E-state index contributed by atoms with van der Waals surface area (Å²) in [5, 5.41) is 8.15. The molecule has 2 aromatic rings. The van der Waals surface area contributed by atoms with Gasteiger partial charge in [0.2, 0.25) is 0 Å². The molecule has 174 valence electrons. The van der Waals surface area contributed by atoms with Crippen molar-refractivity contribution in [2.75, 3.05) is 26.3 Å². The van der Waals surface area contributed by atoms with E-state index in [2.05, 4.69) is 12.2 Å². The molecule has 9 heteroatoms. The van der Waals surface area contributed by atoms with Crippen LogP contribution in [0.15, 0.2) is 24.3 Å². The number of benzene rings is 1. The van der Waals surface area contributed by atoms with Gasteiger partial charge in [0.1, 0.15) is 0 Å². The number of rotatable bonds is 6. The van der Waals surface area contributed by atoms with E-state index in [1.54, 1.807) is 0 Å². The second-order valence-corrected chi connectivity index (χ2v) is 8.42. The molecule has 4 rings (SSSR count). The largest absolute Gasteiger partial charge is 0.416 e. The molecule has 0 spiro atoms. The van der Waals surface area contributed by atoms with Crippen molar-refractivity contribution in [3.8, 4) is 0 Å². The predicted molar refractivity (Wildman–Crippen MR) is 113 cm³/mol. The van der Waals surface area contributed by atoms with Gasteiger partial charge in [0.25, 0.3) is 5.91 Å². The lowest BCUT2D eigenvalue weighted by atomic mass is 9.90. The molecule has 32 heavy (non-hydrogen) atoms. The Balaban J connectivity index is 1.46. The molecule has 2 aliphatic rings. The summed E-state index contributed by atoms with van der Waals surface area (Å²) in [6.45, 7) is 5.58. The average molecular weight is 451 g/mol. The number of amides is 1. The molecule has 6 nitrogen and oxygen atoms in total. The monoisotopic (exact) mass is 450 g/mol. The first kappa shape index (κ1) is 22.8. The fourth-order valence-corrected chi connectivity index (χ4v) is 4.42. The van der Waals surface area contributed by atoms with Crippen LogP contribution in [0.2, 0.25) is 0 Å². The molecular weight excluding hydrogens is 421 g/mol. The zero-order chi connectivity index (χ0) is 22.7. The summed E-state index contributed by atoms with van der Waals surface area (Å²) in [6.07, 6.45) is -0.981. The van der Waals surface area contributed by atoms with Gasteiger partial charge in [-0.2, -0.15) is 18.3 Å². The van der Waals surface area contributed by atoms with Crippen LogP contribution in [0.4, 0.5) is 13.2 Å². The Kier molecular flexibility index (Phi) is 6.85. The number of halogens is 3. The summed E-state index contributed by atoms with van der Waals surface area (Å²) >= 11 is 0. The number of hydrogen-bond acceptors (Lipinski definition) is 4. The van der Waals surface area contributed by atoms with Crippen LogP contribution in [-0.2, 0) is 36.8 Å². The number of hydrogen-bond donors (Lipinski definition) is 1. The van der Waals surface area contributed by atoms with Crippen LogP contribution in [0.25, 0.3) is 0 Å². The summed E-state index contributed by atoms with van der Waals surface area (Å²) in [6, 6.07) is 5.39. The SMILES string of the molecule is CCCn1nc(C(=O)N2CCOCC2)c2c1CCC(NCc1ccc(C(F)(F)F)cc1)C2. The topological polar surface area (TPSA) is 59.4 Å². The molecule has 0 bridgehead atoms. The molecule has 1 aliphatic heterocycles. The third kappa shape index (κ3) is 4.99. The molecule has 1 atom stereocenters. The van der Waals surface area contributed by atoms with Crippen molar-refractivity contribution in [1.29, 1.82) is 0 Å². The van der Waals surface area contributed by atoms with E-state index in [9.17, 15) is 18.0 Å². The standard InChI is InChI=1S/C23H29F3N4O2/c1-2-9-30-20-8-7-18(27-15-16-3-5-17(6-4-16)23(24,25)26)14-19(20)21(28-30)22(31)29-10-12-32-13-11-29/h3-6,18,27H,2,7-15H2,1H3. The van der Waals surface area contributed by atoms with Crippen LogP contribution >= 0.6 is 0 Å². The zero-order valence-corrected chi connectivity index (χ0v) is 18.2. The Labute approximate surface area is 185 Å². The highest BCUT2D eigenvalue weighted by Gasteiger charge is 2.32. The van der Waals surface area contributed by atoms with E-state index in [4.69, 9.17) is 9.84 Å². The van der Waals surface area contributed by atoms with Gasteiger partial charge in [0, 0.05) is 43.5 Å². The number of fused-ring (bicyclic) bond motifs is 1. The van der Waals surface area contributed by atoms with E-state index in [0.29, 0.717) is 45.0 Å². The molecule has 1 aromatic heterocycles. The average Bonchev–Trinajstić information content (AvgIpc) is 3.15. The van der Waals surface area contributed by atoms with Crippen molar-refractivity contribution in [2.45, 2.75) is 57.9 Å². The van der Waals surface area contributed by atoms with Crippen molar-refractivity contribution < 1.29 is 22.7 Å². The van der Waals surface area contributed by atoms with E-state index in [0.717, 1.165) is 54.8 Å². The van der Waals surface area contributed by atoms with Gasteiger partial charge in [-0.1, -0.05) is 19.1 Å². The summed E-state index contributed by atoms with van der Waals surface area (Å²) in [5.41, 5.74) is 2.84. The van der Waals surface area contributed by atoms with Crippen molar-refractivity contribution >= 4 is 5.91 Å². The quantitative estimate of drug-likeness (QED) is 0.733. The molecular formula is C23H29F3N4O2. The molecule has 0 saturated carbocycles. The van der Waals surface area contributed by atoms with E-state index in [1.807, 2.05) is 9.58 Å². The normalized spacial score (nSPS) is 19.1.